The predicted molar refractivity (Wildman–Crippen MR) is 81.5 cm³/mol. The van der Waals surface area contributed by atoms with Gasteiger partial charge >= 0.3 is 5.69 Å². The molecule has 2 aliphatic carbocycles. The minimum absolute atomic E-state index is 0.0172. The van der Waals surface area contributed by atoms with E-state index in [2.05, 4.69) is 15.9 Å². The van der Waals surface area contributed by atoms with Crippen molar-refractivity contribution < 1.29 is 14.8 Å². The largest absolute Gasteiger partial charge is 0.483 e. The summed E-state index contributed by atoms with van der Waals surface area (Å²) in [5.41, 5.74) is 0.537. The Kier molecular flexibility index (Phi) is 3.69. The van der Waals surface area contributed by atoms with E-state index in [1.807, 2.05) is 13.0 Å². The number of aryl methyl sites for hydroxylation is 1. The van der Waals surface area contributed by atoms with Gasteiger partial charge in [0.15, 0.2) is 5.75 Å². The van der Waals surface area contributed by atoms with Crippen LogP contribution in [0.3, 0.4) is 0 Å². The molecule has 2 aliphatic rings. The van der Waals surface area contributed by atoms with Gasteiger partial charge in [0.2, 0.25) is 0 Å². The van der Waals surface area contributed by atoms with E-state index in [0.29, 0.717) is 16.6 Å². The van der Waals surface area contributed by atoms with Crippen molar-refractivity contribution in [2.75, 3.05) is 0 Å². The second-order valence-corrected chi connectivity index (χ2v) is 7.04. The molecule has 6 heteroatoms. The van der Waals surface area contributed by atoms with Gasteiger partial charge in [-0.15, -0.1) is 0 Å². The Hall–Kier alpha value is -1.14. The Balaban J connectivity index is 1.90. The van der Waals surface area contributed by atoms with Crippen LogP contribution in [0, 0.1) is 22.5 Å². The molecule has 114 valence electrons. The zero-order valence-electron chi connectivity index (χ0n) is 11.8. The number of hydrogen-bond donors (Lipinski definition) is 1. The maximum absolute atomic E-state index is 11.2. The normalized spacial score (nSPS) is 26.6. The molecule has 0 heterocycles. The molecular weight excluding hydrogens is 338 g/mol. The molecule has 1 aromatic carbocycles. The zero-order valence-corrected chi connectivity index (χ0v) is 13.4. The minimum Gasteiger partial charge on any atom is -0.483 e. The van der Waals surface area contributed by atoms with Crippen molar-refractivity contribution in [1.29, 1.82) is 0 Å². The number of halogens is 1. The van der Waals surface area contributed by atoms with E-state index in [4.69, 9.17) is 4.74 Å². The highest BCUT2D eigenvalue weighted by Gasteiger charge is 2.57. The summed E-state index contributed by atoms with van der Waals surface area (Å²) in [5, 5.41) is 21.4. The van der Waals surface area contributed by atoms with Gasteiger partial charge in [-0.2, -0.15) is 0 Å². The van der Waals surface area contributed by atoms with Gasteiger partial charge in [-0.25, -0.2) is 0 Å². The maximum atomic E-state index is 11.2. The van der Waals surface area contributed by atoms with Crippen molar-refractivity contribution >= 4 is 21.6 Å². The van der Waals surface area contributed by atoms with Gasteiger partial charge in [0.25, 0.3) is 0 Å². The molecule has 0 aromatic heterocycles. The van der Waals surface area contributed by atoms with E-state index in [-0.39, 0.29) is 23.3 Å². The van der Waals surface area contributed by atoms with E-state index in [1.165, 1.54) is 6.07 Å². The molecule has 0 bridgehead atoms. The average Bonchev–Trinajstić information content (AvgIpc) is 2.92. The monoisotopic (exact) mass is 355 g/mol. The highest BCUT2D eigenvalue weighted by atomic mass is 79.9. The maximum Gasteiger partial charge on any atom is 0.312 e. The summed E-state index contributed by atoms with van der Waals surface area (Å²) in [6.45, 7) is 1.81. The van der Waals surface area contributed by atoms with Gasteiger partial charge in [0.1, 0.15) is 6.10 Å². The van der Waals surface area contributed by atoms with Crippen LogP contribution >= 0.6 is 15.9 Å². The van der Waals surface area contributed by atoms with Crippen LogP contribution in [-0.4, -0.2) is 22.2 Å². The van der Waals surface area contributed by atoms with Crippen molar-refractivity contribution in [3.63, 3.8) is 0 Å². The molecule has 1 aromatic rings. The molecular formula is C15H18BrNO4. The highest BCUT2D eigenvalue weighted by Crippen LogP contribution is 2.55. The second-order valence-electron chi connectivity index (χ2n) is 6.13. The van der Waals surface area contributed by atoms with Crippen molar-refractivity contribution in [2.45, 2.75) is 51.2 Å². The highest BCUT2D eigenvalue weighted by molar-refractivity contribution is 9.10. The molecule has 1 N–H and O–H groups in total. The summed E-state index contributed by atoms with van der Waals surface area (Å²) in [7, 11) is 0. The quantitative estimate of drug-likeness (QED) is 0.662. The van der Waals surface area contributed by atoms with Gasteiger partial charge in [0, 0.05) is 22.4 Å². The summed E-state index contributed by atoms with van der Waals surface area (Å²) >= 11 is 3.28. The van der Waals surface area contributed by atoms with E-state index in [0.717, 1.165) is 31.2 Å². The second kappa shape index (κ2) is 5.25. The lowest BCUT2D eigenvalue weighted by Gasteiger charge is -2.51. The first kappa shape index (κ1) is 14.8. The van der Waals surface area contributed by atoms with Gasteiger partial charge in [-0.05, 0) is 31.4 Å². The van der Waals surface area contributed by atoms with Crippen LogP contribution in [0.4, 0.5) is 5.69 Å². The number of rotatable bonds is 3. The summed E-state index contributed by atoms with van der Waals surface area (Å²) in [6.07, 6.45) is 4.20. The number of benzene rings is 1. The molecule has 2 saturated carbocycles. The third-order valence-electron chi connectivity index (χ3n) is 4.95. The molecule has 3 rings (SSSR count). The third kappa shape index (κ3) is 2.34. The first-order valence-corrected chi connectivity index (χ1v) is 8.02. The number of nitro groups is 1. The SMILES string of the molecule is Cc1cc(Br)cc([N+](=O)[O-])c1OC1CC(O)C12CCCC2. The molecule has 0 amide bonds. The molecule has 1 spiro atoms. The fourth-order valence-corrected chi connectivity index (χ4v) is 4.28. The summed E-state index contributed by atoms with van der Waals surface area (Å²) in [5.74, 6) is 0.339. The number of nitrogens with zero attached hydrogens (tertiary/aromatic N) is 1. The Morgan fingerprint density at radius 1 is 1.43 bits per heavy atom. The first-order valence-electron chi connectivity index (χ1n) is 7.23. The Morgan fingerprint density at radius 3 is 2.67 bits per heavy atom. The van der Waals surface area contributed by atoms with Crippen LogP contribution in [0.25, 0.3) is 0 Å². The van der Waals surface area contributed by atoms with E-state index < -0.39 is 4.92 Å². The number of nitro benzene ring substituents is 1. The van der Waals surface area contributed by atoms with E-state index >= 15 is 0 Å². The topological polar surface area (TPSA) is 72.6 Å². The van der Waals surface area contributed by atoms with Crippen molar-refractivity contribution in [3.8, 4) is 5.75 Å². The summed E-state index contributed by atoms with van der Waals surface area (Å²) in [6, 6.07) is 3.29. The summed E-state index contributed by atoms with van der Waals surface area (Å²) < 4.78 is 6.68. The third-order valence-corrected chi connectivity index (χ3v) is 5.41. The van der Waals surface area contributed by atoms with Gasteiger partial charge < -0.3 is 9.84 Å². The fourth-order valence-electron chi connectivity index (χ4n) is 3.72. The molecule has 2 unspecified atom stereocenters. The smallest absolute Gasteiger partial charge is 0.312 e. The Bertz CT molecular complexity index is 583. The number of aliphatic hydroxyl groups excluding tert-OH is 1. The zero-order chi connectivity index (χ0) is 15.2. The van der Waals surface area contributed by atoms with Crippen molar-refractivity contribution in [3.05, 3.63) is 32.3 Å². The van der Waals surface area contributed by atoms with E-state index in [9.17, 15) is 15.2 Å². The Morgan fingerprint density at radius 2 is 2.10 bits per heavy atom. The minimum atomic E-state index is -0.413. The molecule has 5 nitrogen and oxygen atoms in total. The molecule has 0 aliphatic heterocycles. The predicted octanol–water partition coefficient (Wildman–Crippen LogP) is 3.74. The van der Waals surface area contributed by atoms with Gasteiger partial charge in [-0.1, -0.05) is 28.8 Å². The number of aliphatic hydroxyl groups is 1. The molecule has 2 atom stereocenters. The van der Waals surface area contributed by atoms with Gasteiger partial charge in [0.05, 0.1) is 11.0 Å². The van der Waals surface area contributed by atoms with Crippen LogP contribution in [0.2, 0.25) is 0 Å². The molecule has 0 saturated heterocycles. The molecule has 0 radical (unpaired) electrons. The number of ether oxygens (including phenoxy) is 1. The lowest BCUT2D eigenvalue weighted by molar-refractivity contribution is -0.386. The fraction of sp³-hybridized carbons (Fsp3) is 0.600. The summed E-state index contributed by atoms with van der Waals surface area (Å²) in [4.78, 5) is 10.8. The van der Waals surface area contributed by atoms with Crippen LogP contribution in [0.5, 0.6) is 5.75 Å². The Labute approximate surface area is 131 Å². The standard InChI is InChI=1S/C15H18BrNO4/c1-9-6-10(16)7-11(17(19)20)14(9)21-13-8-12(18)15(13)4-2-3-5-15/h6-7,12-13,18H,2-5,8H2,1H3. The average molecular weight is 356 g/mol. The van der Waals surface area contributed by atoms with Crippen molar-refractivity contribution in [1.82, 2.24) is 0 Å². The lowest BCUT2D eigenvalue weighted by atomic mass is 9.62. The lowest BCUT2D eigenvalue weighted by Crippen LogP contribution is -2.58. The molecule has 21 heavy (non-hydrogen) atoms. The van der Waals surface area contributed by atoms with Crippen LogP contribution in [0.15, 0.2) is 16.6 Å². The van der Waals surface area contributed by atoms with Crippen molar-refractivity contribution in [2.24, 2.45) is 5.41 Å². The van der Waals surface area contributed by atoms with Gasteiger partial charge in [-0.3, -0.25) is 10.1 Å². The van der Waals surface area contributed by atoms with E-state index in [1.54, 1.807) is 0 Å². The number of hydrogen-bond acceptors (Lipinski definition) is 4. The van der Waals surface area contributed by atoms with Crippen LogP contribution in [0.1, 0.15) is 37.7 Å². The molecule has 2 fully saturated rings. The van der Waals surface area contributed by atoms with Crippen LogP contribution < -0.4 is 4.74 Å². The van der Waals surface area contributed by atoms with Crippen LogP contribution in [-0.2, 0) is 0 Å². The first-order chi connectivity index (χ1) is 9.94.